The van der Waals surface area contributed by atoms with Crippen LogP contribution in [-0.2, 0) is 0 Å². The Morgan fingerprint density at radius 1 is 1.45 bits per heavy atom. The molecule has 1 amide bonds. The number of hydrogen-bond acceptors (Lipinski definition) is 3. The van der Waals surface area contributed by atoms with Crippen molar-refractivity contribution in [3.8, 4) is 0 Å². The van der Waals surface area contributed by atoms with Crippen molar-refractivity contribution in [2.45, 2.75) is 26.3 Å². The third-order valence-corrected chi connectivity index (χ3v) is 3.13. The van der Waals surface area contributed by atoms with Crippen molar-refractivity contribution < 1.29 is 14.7 Å². The first-order valence-corrected chi connectivity index (χ1v) is 6.23. The van der Waals surface area contributed by atoms with Crippen molar-refractivity contribution in [3.05, 3.63) is 34.1 Å². The van der Waals surface area contributed by atoms with Crippen LogP contribution < -0.4 is 10.9 Å². The number of nitrogens with one attached hydrogen (secondary N) is 2. The SMILES string of the molecule is CCC(C)NC(=O)n1[nH]c2cccc(C(=O)O)c2c1=O. The van der Waals surface area contributed by atoms with E-state index < -0.39 is 17.6 Å². The third kappa shape index (κ3) is 2.29. The van der Waals surface area contributed by atoms with Gasteiger partial charge in [0.25, 0.3) is 5.56 Å². The molecule has 2 aromatic rings. The molecule has 3 N–H and O–H groups in total. The minimum absolute atomic E-state index is 0.000647. The van der Waals surface area contributed by atoms with Gasteiger partial charge >= 0.3 is 12.0 Å². The standard InChI is InChI=1S/C13H15N3O4/c1-3-7(2)14-13(20)16-11(17)10-8(12(18)19)5-4-6-9(10)15-16/h4-7,15H,3H2,1-2H3,(H,14,20)(H,18,19). The molecular weight excluding hydrogens is 262 g/mol. The summed E-state index contributed by atoms with van der Waals surface area (Å²) in [4.78, 5) is 35.2. The number of amides is 1. The van der Waals surface area contributed by atoms with Crippen LogP contribution in [0.1, 0.15) is 30.6 Å². The molecule has 106 valence electrons. The highest BCUT2D eigenvalue weighted by molar-refractivity contribution is 6.03. The fourth-order valence-corrected chi connectivity index (χ4v) is 1.86. The molecule has 2 rings (SSSR count). The van der Waals surface area contributed by atoms with Crippen LogP contribution in [0.5, 0.6) is 0 Å². The zero-order chi connectivity index (χ0) is 14.9. The van der Waals surface area contributed by atoms with E-state index in [2.05, 4.69) is 10.4 Å². The van der Waals surface area contributed by atoms with E-state index >= 15 is 0 Å². The van der Waals surface area contributed by atoms with Gasteiger partial charge in [-0.1, -0.05) is 13.0 Å². The molecule has 1 heterocycles. The lowest BCUT2D eigenvalue weighted by molar-refractivity contribution is 0.0699. The number of carboxylic acid groups (broad SMARTS) is 1. The Morgan fingerprint density at radius 2 is 2.15 bits per heavy atom. The average molecular weight is 277 g/mol. The van der Waals surface area contributed by atoms with Gasteiger partial charge in [0.2, 0.25) is 0 Å². The number of nitrogens with zero attached hydrogens (tertiary/aromatic N) is 1. The smallest absolute Gasteiger partial charge is 0.343 e. The minimum Gasteiger partial charge on any atom is -0.478 e. The number of hydrogen-bond donors (Lipinski definition) is 3. The number of carbonyl (C=O) groups excluding carboxylic acids is 1. The number of rotatable bonds is 3. The summed E-state index contributed by atoms with van der Waals surface area (Å²) in [7, 11) is 0. The largest absolute Gasteiger partial charge is 0.478 e. The summed E-state index contributed by atoms with van der Waals surface area (Å²) in [5.74, 6) is -1.21. The molecule has 7 nitrogen and oxygen atoms in total. The van der Waals surface area contributed by atoms with E-state index in [0.29, 0.717) is 5.52 Å². The fraction of sp³-hybridized carbons (Fsp3) is 0.308. The molecule has 7 heteroatoms. The van der Waals surface area contributed by atoms with Gasteiger partial charge in [-0.05, 0) is 25.5 Å². The first kappa shape index (κ1) is 13.9. The molecule has 1 aromatic heterocycles. The van der Waals surface area contributed by atoms with Crippen molar-refractivity contribution in [1.82, 2.24) is 15.1 Å². The summed E-state index contributed by atoms with van der Waals surface area (Å²) in [6, 6.07) is 3.71. The number of H-pyrrole nitrogens is 1. The zero-order valence-electron chi connectivity index (χ0n) is 11.1. The van der Waals surface area contributed by atoms with Gasteiger partial charge in [-0.15, -0.1) is 0 Å². The first-order chi connectivity index (χ1) is 9.45. The van der Waals surface area contributed by atoms with Crippen molar-refractivity contribution in [1.29, 1.82) is 0 Å². The molecule has 0 spiro atoms. The number of aromatic carboxylic acids is 1. The van der Waals surface area contributed by atoms with Gasteiger partial charge in [-0.25, -0.2) is 9.59 Å². The van der Waals surface area contributed by atoms with E-state index in [9.17, 15) is 14.4 Å². The minimum atomic E-state index is -1.21. The molecule has 0 fully saturated rings. The second-order valence-electron chi connectivity index (χ2n) is 4.54. The molecule has 1 atom stereocenters. The van der Waals surface area contributed by atoms with Crippen molar-refractivity contribution in [2.75, 3.05) is 0 Å². The van der Waals surface area contributed by atoms with E-state index in [0.717, 1.165) is 11.1 Å². The molecule has 0 aliphatic rings. The van der Waals surface area contributed by atoms with E-state index in [-0.39, 0.29) is 17.0 Å². The Balaban J connectivity index is 2.55. The molecule has 0 aliphatic carbocycles. The molecule has 20 heavy (non-hydrogen) atoms. The Hall–Kier alpha value is -2.57. The summed E-state index contributed by atoms with van der Waals surface area (Å²) in [5.41, 5.74) is -0.480. The predicted octanol–water partition coefficient (Wildman–Crippen LogP) is 1.38. The normalized spacial score (nSPS) is 12.3. The number of carbonyl (C=O) groups is 2. The molecular formula is C13H15N3O4. The van der Waals surface area contributed by atoms with Crippen LogP contribution in [0.4, 0.5) is 4.79 Å². The predicted molar refractivity (Wildman–Crippen MR) is 73.2 cm³/mol. The van der Waals surface area contributed by atoms with E-state index in [1.165, 1.54) is 12.1 Å². The maximum absolute atomic E-state index is 12.2. The Morgan fingerprint density at radius 3 is 2.75 bits per heavy atom. The number of carboxylic acids is 1. The molecule has 0 radical (unpaired) electrons. The van der Waals surface area contributed by atoms with Gasteiger partial charge in [0.1, 0.15) is 0 Å². The number of aromatic amines is 1. The van der Waals surface area contributed by atoms with Crippen LogP contribution in [-0.4, -0.2) is 32.9 Å². The average Bonchev–Trinajstić information content (AvgIpc) is 2.76. The van der Waals surface area contributed by atoms with Gasteiger partial charge in [-0.3, -0.25) is 9.89 Å². The number of fused-ring (bicyclic) bond motifs is 1. The topological polar surface area (TPSA) is 104 Å². The zero-order valence-corrected chi connectivity index (χ0v) is 11.1. The molecule has 0 saturated heterocycles. The van der Waals surface area contributed by atoms with E-state index in [4.69, 9.17) is 5.11 Å². The Kier molecular flexibility index (Phi) is 3.60. The van der Waals surface area contributed by atoms with E-state index in [1.54, 1.807) is 6.07 Å². The van der Waals surface area contributed by atoms with Crippen LogP contribution in [0.3, 0.4) is 0 Å². The van der Waals surface area contributed by atoms with E-state index in [1.807, 2.05) is 13.8 Å². The van der Waals surface area contributed by atoms with Gasteiger partial charge in [0.05, 0.1) is 16.5 Å². The molecule has 0 bridgehead atoms. The van der Waals surface area contributed by atoms with Crippen LogP contribution in [0.2, 0.25) is 0 Å². The fourth-order valence-electron chi connectivity index (χ4n) is 1.86. The van der Waals surface area contributed by atoms with Crippen molar-refractivity contribution in [2.24, 2.45) is 0 Å². The molecule has 0 saturated carbocycles. The lowest BCUT2D eigenvalue weighted by Crippen LogP contribution is -2.40. The van der Waals surface area contributed by atoms with Crippen LogP contribution in [0.25, 0.3) is 10.9 Å². The summed E-state index contributed by atoms with van der Waals surface area (Å²) >= 11 is 0. The second-order valence-corrected chi connectivity index (χ2v) is 4.54. The van der Waals surface area contributed by atoms with Crippen LogP contribution >= 0.6 is 0 Å². The van der Waals surface area contributed by atoms with Gasteiger partial charge in [0, 0.05) is 6.04 Å². The van der Waals surface area contributed by atoms with Gasteiger partial charge in [0.15, 0.2) is 0 Å². The Bertz CT molecular complexity index is 729. The monoisotopic (exact) mass is 277 g/mol. The summed E-state index contributed by atoms with van der Waals surface area (Å²) in [6.45, 7) is 3.72. The highest BCUT2D eigenvalue weighted by Gasteiger charge is 2.19. The number of benzene rings is 1. The van der Waals surface area contributed by atoms with Crippen molar-refractivity contribution in [3.63, 3.8) is 0 Å². The summed E-state index contributed by atoms with van der Waals surface area (Å²) in [5, 5.41) is 14.3. The molecule has 1 unspecified atom stereocenters. The third-order valence-electron chi connectivity index (χ3n) is 3.13. The highest BCUT2D eigenvalue weighted by Crippen LogP contribution is 2.13. The summed E-state index contributed by atoms with van der Waals surface area (Å²) in [6.07, 6.45) is 0.723. The van der Waals surface area contributed by atoms with Crippen LogP contribution in [0.15, 0.2) is 23.0 Å². The molecule has 1 aromatic carbocycles. The first-order valence-electron chi connectivity index (χ1n) is 6.23. The highest BCUT2D eigenvalue weighted by atomic mass is 16.4. The maximum atomic E-state index is 12.2. The molecule has 0 aliphatic heterocycles. The van der Waals surface area contributed by atoms with Gasteiger partial charge in [-0.2, -0.15) is 4.68 Å². The Labute approximate surface area is 114 Å². The maximum Gasteiger partial charge on any atom is 0.343 e. The lowest BCUT2D eigenvalue weighted by Gasteiger charge is -2.10. The second kappa shape index (κ2) is 5.20. The quantitative estimate of drug-likeness (QED) is 0.788. The van der Waals surface area contributed by atoms with Crippen LogP contribution in [0, 0.1) is 0 Å². The van der Waals surface area contributed by atoms with Gasteiger partial charge < -0.3 is 10.4 Å². The number of aromatic nitrogens is 2. The summed E-state index contributed by atoms with van der Waals surface area (Å²) < 4.78 is 0.795. The lowest BCUT2D eigenvalue weighted by atomic mass is 10.1. The van der Waals surface area contributed by atoms with Crippen molar-refractivity contribution >= 4 is 22.9 Å².